The highest BCUT2D eigenvalue weighted by molar-refractivity contribution is 4.67. The van der Waals surface area contributed by atoms with Gasteiger partial charge in [0.05, 0.1) is 19.2 Å². The van der Waals surface area contributed by atoms with E-state index in [-0.39, 0.29) is 0 Å². The Labute approximate surface area is 63.2 Å². The minimum absolute atomic E-state index is 0.722. The number of hydrogen-bond donors (Lipinski definition) is 1. The van der Waals surface area contributed by atoms with Crippen LogP contribution in [0.5, 0.6) is 0 Å². The number of methoxy groups -OCH3 is 1. The third kappa shape index (κ3) is 1.70. The van der Waals surface area contributed by atoms with E-state index in [4.69, 9.17) is 4.74 Å². The van der Waals surface area contributed by atoms with E-state index in [1.54, 1.807) is 7.11 Å². The van der Waals surface area contributed by atoms with E-state index in [0.29, 0.717) is 0 Å². The average Bonchev–Trinajstić information content (AvgIpc) is 2.14. The highest BCUT2D eigenvalue weighted by Gasteiger charge is 2.26. The summed E-state index contributed by atoms with van der Waals surface area (Å²) in [4.78, 5) is 1.40. The van der Waals surface area contributed by atoms with E-state index in [1.807, 2.05) is 0 Å². The van der Waals surface area contributed by atoms with E-state index in [0.717, 1.165) is 18.6 Å². The van der Waals surface area contributed by atoms with Crippen molar-refractivity contribution in [2.75, 3.05) is 20.3 Å². The third-order valence-electron chi connectivity index (χ3n) is 2.34. The average molecular weight is 143 g/mol. The SMILES string of the molecule is [CH2-][NH+]1CC(COC)CC1C. The molecule has 1 aliphatic heterocycles. The quantitative estimate of drug-likeness (QED) is 0.525. The fourth-order valence-electron chi connectivity index (χ4n) is 1.68. The topological polar surface area (TPSA) is 13.7 Å². The Morgan fingerprint density at radius 3 is 2.80 bits per heavy atom. The molecule has 1 heterocycles. The van der Waals surface area contributed by atoms with Crippen molar-refractivity contribution in [1.29, 1.82) is 0 Å². The van der Waals surface area contributed by atoms with Gasteiger partial charge in [-0.1, -0.05) is 0 Å². The number of likely N-dealkylation sites (tertiary alicyclic amines) is 1. The lowest BCUT2D eigenvalue weighted by molar-refractivity contribution is -0.865. The van der Waals surface area contributed by atoms with Crippen LogP contribution in [0.1, 0.15) is 13.3 Å². The van der Waals surface area contributed by atoms with Crippen molar-refractivity contribution in [3.05, 3.63) is 7.05 Å². The Kier molecular flexibility index (Phi) is 2.69. The summed E-state index contributed by atoms with van der Waals surface area (Å²) >= 11 is 0. The second kappa shape index (κ2) is 3.35. The molecule has 0 aromatic heterocycles. The van der Waals surface area contributed by atoms with Crippen molar-refractivity contribution in [2.24, 2.45) is 5.92 Å². The molecule has 2 heteroatoms. The summed E-state index contributed by atoms with van der Waals surface area (Å²) in [5.41, 5.74) is 0. The van der Waals surface area contributed by atoms with E-state index in [1.165, 1.54) is 17.9 Å². The molecular weight excluding hydrogens is 126 g/mol. The van der Waals surface area contributed by atoms with Crippen LogP contribution in [0, 0.1) is 13.0 Å². The molecule has 0 spiro atoms. The summed E-state index contributed by atoms with van der Waals surface area (Å²) in [5.74, 6) is 0.743. The molecule has 1 fully saturated rings. The molecule has 1 rings (SSSR count). The van der Waals surface area contributed by atoms with Gasteiger partial charge in [0, 0.05) is 19.4 Å². The number of rotatable bonds is 2. The second-order valence-electron chi connectivity index (χ2n) is 3.32. The Bertz CT molecular complexity index is 95.4. The fraction of sp³-hybridized carbons (Fsp3) is 0.875. The van der Waals surface area contributed by atoms with Gasteiger partial charge in [0.15, 0.2) is 0 Å². The summed E-state index contributed by atoms with van der Waals surface area (Å²) in [6.07, 6.45) is 1.27. The van der Waals surface area contributed by atoms with Crippen LogP contribution >= 0.6 is 0 Å². The minimum Gasteiger partial charge on any atom is -0.465 e. The first-order chi connectivity index (χ1) is 4.74. The van der Waals surface area contributed by atoms with Crippen LogP contribution < -0.4 is 4.90 Å². The molecule has 60 valence electrons. The first-order valence-electron chi connectivity index (χ1n) is 3.90. The van der Waals surface area contributed by atoms with Gasteiger partial charge in [0.2, 0.25) is 0 Å². The van der Waals surface area contributed by atoms with Gasteiger partial charge in [-0.3, -0.25) is 0 Å². The van der Waals surface area contributed by atoms with E-state index in [9.17, 15) is 0 Å². The van der Waals surface area contributed by atoms with Crippen LogP contribution in [0.3, 0.4) is 0 Å². The van der Waals surface area contributed by atoms with Gasteiger partial charge in [-0.05, 0) is 6.92 Å². The summed E-state index contributed by atoms with van der Waals surface area (Å²) in [5, 5.41) is 0. The van der Waals surface area contributed by atoms with Crippen LogP contribution in [0.2, 0.25) is 0 Å². The number of ether oxygens (including phenoxy) is 1. The van der Waals surface area contributed by atoms with Crippen LogP contribution in [-0.4, -0.2) is 26.3 Å². The van der Waals surface area contributed by atoms with Crippen LogP contribution in [-0.2, 0) is 4.74 Å². The zero-order valence-electron chi connectivity index (χ0n) is 6.89. The van der Waals surface area contributed by atoms with Gasteiger partial charge in [0.25, 0.3) is 0 Å². The highest BCUT2D eigenvalue weighted by Crippen LogP contribution is 2.08. The van der Waals surface area contributed by atoms with Crippen LogP contribution in [0.4, 0.5) is 0 Å². The van der Waals surface area contributed by atoms with Gasteiger partial charge in [0.1, 0.15) is 0 Å². The Morgan fingerprint density at radius 2 is 2.40 bits per heavy atom. The largest absolute Gasteiger partial charge is 0.465 e. The summed E-state index contributed by atoms with van der Waals surface area (Å²) in [6, 6.07) is 0.722. The maximum atomic E-state index is 5.08. The van der Waals surface area contributed by atoms with Gasteiger partial charge in [-0.2, -0.15) is 7.05 Å². The van der Waals surface area contributed by atoms with Crippen molar-refractivity contribution < 1.29 is 9.64 Å². The fourth-order valence-corrected chi connectivity index (χ4v) is 1.68. The van der Waals surface area contributed by atoms with Gasteiger partial charge in [-0.15, -0.1) is 0 Å². The summed E-state index contributed by atoms with van der Waals surface area (Å²) < 4.78 is 5.08. The smallest absolute Gasteiger partial charge is 0.0612 e. The second-order valence-corrected chi connectivity index (χ2v) is 3.32. The first-order valence-corrected chi connectivity index (χ1v) is 3.90. The standard InChI is InChI=1S/C8H17NO/c1-7-4-8(6-10-3)5-9(7)2/h7-9H,2,4-6H2,1,3H3. The first kappa shape index (κ1) is 8.02. The molecule has 2 nitrogen and oxygen atoms in total. The van der Waals surface area contributed by atoms with Crippen molar-refractivity contribution in [1.82, 2.24) is 0 Å². The van der Waals surface area contributed by atoms with Gasteiger partial charge >= 0.3 is 0 Å². The Hall–Kier alpha value is -0.0800. The molecule has 0 radical (unpaired) electrons. The molecule has 1 saturated heterocycles. The van der Waals surface area contributed by atoms with E-state index in [2.05, 4.69) is 14.0 Å². The molecule has 1 aliphatic rings. The molecule has 0 aliphatic carbocycles. The molecule has 0 aromatic carbocycles. The molecule has 1 N–H and O–H groups in total. The van der Waals surface area contributed by atoms with Crippen molar-refractivity contribution in [3.63, 3.8) is 0 Å². The van der Waals surface area contributed by atoms with Crippen LogP contribution in [0.15, 0.2) is 0 Å². The molecule has 0 saturated carbocycles. The third-order valence-corrected chi connectivity index (χ3v) is 2.34. The molecule has 0 aromatic rings. The monoisotopic (exact) mass is 143 g/mol. The number of hydrogen-bond acceptors (Lipinski definition) is 1. The van der Waals surface area contributed by atoms with Gasteiger partial charge in [-0.25, -0.2) is 0 Å². The molecular formula is C8H17NO. The molecule has 0 amide bonds. The predicted octanol–water partition coefficient (Wildman–Crippen LogP) is -0.282. The molecule has 3 unspecified atom stereocenters. The molecule has 0 bridgehead atoms. The van der Waals surface area contributed by atoms with E-state index >= 15 is 0 Å². The van der Waals surface area contributed by atoms with Gasteiger partial charge < -0.3 is 9.64 Å². The molecule has 10 heavy (non-hydrogen) atoms. The van der Waals surface area contributed by atoms with E-state index < -0.39 is 0 Å². The lowest BCUT2D eigenvalue weighted by Gasteiger charge is -2.18. The predicted molar refractivity (Wildman–Crippen MR) is 40.6 cm³/mol. The van der Waals surface area contributed by atoms with Crippen molar-refractivity contribution in [3.8, 4) is 0 Å². The van der Waals surface area contributed by atoms with Crippen molar-refractivity contribution >= 4 is 0 Å². The lowest BCUT2D eigenvalue weighted by atomic mass is 10.1. The Balaban J connectivity index is 2.27. The van der Waals surface area contributed by atoms with Crippen LogP contribution in [0.25, 0.3) is 0 Å². The van der Waals surface area contributed by atoms with Crippen molar-refractivity contribution in [2.45, 2.75) is 19.4 Å². The minimum atomic E-state index is 0.722. The maximum Gasteiger partial charge on any atom is 0.0612 e. The highest BCUT2D eigenvalue weighted by atomic mass is 16.5. The maximum absolute atomic E-state index is 5.08. The summed E-state index contributed by atoms with van der Waals surface area (Å²) in [6.45, 7) is 4.33. The lowest BCUT2D eigenvalue weighted by Crippen LogP contribution is -3.08. The summed E-state index contributed by atoms with van der Waals surface area (Å²) in [7, 11) is 5.78. The number of nitrogens with one attached hydrogen (secondary N) is 1. The zero-order chi connectivity index (χ0) is 7.56. The molecule has 3 atom stereocenters. The number of quaternary nitrogens is 1. The zero-order valence-corrected chi connectivity index (χ0v) is 6.89. The Morgan fingerprint density at radius 1 is 1.70 bits per heavy atom. The normalized spacial score (nSPS) is 40.5.